The van der Waals surface area contributed by atoms with Crippen molar-refractivity contribution in [2.24, 2.45) is 0 Å². The number of hydrogen-bond acceptors (Lipinski definition) is 5. The van der Waals surface area contributed by atoms with Gasteiger partial charge in [-0.15, -0.1) is 0 Å². The van der Waals surface area contributed by atoms with E-state index in [1.807, 2.05) is 0 Å². The fourth-order valence-electron chi connectivity index (χ4n) is 12.4. The monoisotopic (exact) mass is 1310 g/mol. The molecule has 0 fully saturated rings. The normalized spacial score (nSPS) is 12.8. The number of carbonyl (C=O) groups excluding carboxylic acids is 2. The van der Waals surface area contributed by atoms with Crippen molar-refractivity contribution >= 4 is 11.9 Å². The standard InChI is InChI=1S/C89H158O5/c1-3-5-7-9-11-13-15-17-19-21-23-25-27-29-31-33-35-37-39-41-43-44-46-47-49-51-53-55-57-59-61-63-65-67-69-71-73-75-77-79-81-83-88(91)93-86-87(85-90)94-89(92)84-82-80-78-76-74-72-70-68-66-64-62-60-58-56-54-52-50-48-45-42-40-38-36-34-32-30-28-26-24-22-20-18-16-14-12-10-8-6-4-2/h6,8,12,14-15,17-18,20-21,23-24,26-27,29-30,32,36,38,87,90H,3-5,7,9-11,13,16,19,22,25,28,31,33-35,37,39-86H2,1-2H3/b8-6-,14-12-,17-15-,20-18-,23-21-,26-24-,29-27-,32-30-,38-36-. The van der Waals surface area contributed by atoms with Crippen LogP contribution in [0.3, 0.4) is 0 Å². The molecule has 0 heterocycles. The van der Waals surface area contributed by atoms with Crippen LogP contribution in [0.5, 0.6) is 0 Å². The van der Waals surface area contributed by atoms with Crippen molar-refractivity contribution in [3.63, 3.8) is 0 Å². The van der Waals surface area contributed by atoms with E-state index in [1.54, 1.807) is 0 Å². The summed E-state index contributed by atoms with van der Waals surface area (Å²) in [5.41, 5.74) is 0. The lowest BCUT2D eigenvalue weighted by Gasteiger charge is -2.15. The Morgan fingerprint density at radius 2 is 0.457 bits per heavy atom. The number of aliphatic hydroxyl groups excluding tert-OH is 1. The Labute approximate surface area is 586 Å². The Kier molecular flexibility index (Phi) is 80.7. The molecule has 0 saturated heterocycles. The highest BCUT2D eigenvalue weighted by Crippen LogP contribution is 2.20. The molecule has 0 radical (unpaired) electrons. The molecule has 0 bridgehead atoms. The molecule has 0 aromatic heterocycles. The summed E-state index contributed by atoms with van der Waals surface area (Å²) in [4.78, 5) is 24.7. The van der Waals surface area contributed by atoms with Crippen LogP contribution in [0.2, 0.25) is 0 Å². The molecule has 0 aromatic carbocycles. The van der Waals surface area contributed by atoms with Crippen LogP contribution in [0.4, 0.5) is 0 Å². The quantitative estimate of drug-likeness (QED) is 0.0373. The van der Waals surface area contributed by atoms with Crippen LogP contribution in [0, 0.1) is 0 Å². The molecule has 0 spiro atoms. The third kappa shape index (κ3) is 81.0. The third-order valence-corrected chi connectivity index (χ3v) is 18.6. The van der Waals surface area contributed by atoms with Gasteiger partial charge in [0.25, 0.3) is 0 Å². The van der Waals surface area contributed by atoms with Crippen molar-refractivity contribution in [1.82, 2.24) is 0 Å². The zero-order valence-corrected chi connectivity index (χ0v) is 62.7. The Hall–Kier alpha value is -3.44. The van der Waals surface area contributed by atoms with E-state index in [0.717, 1.165) is 89.9 Å². The van der Waals surface area contributed by atoms with Gasteiger partial charge in [-0.2, -0.15) is 0 Å². The maximum absolute atomic E-state index is 12.4. The number of allylic oxidation sites excluding steroid dienone is 18. The summed E-state index contributed by atoms with van der Waals surface area (Å²) in [5, 5.41) is 9.74. The number of rotatable bonds is 77. The predicted octanol–water partition coefficient (Wildman–Crippen LogP) is 29.4. The summed E-state index contributed by atoms with van der Waals surface area (Å²) in [5.74, 6) is -0.569. The van der Waals surface area contributed by atoms with Crippen LogP contribution in [0.1, 0.15) is 425 Å². The molecule has 0 amide bonds. The summed E-state index contributed by atoms with van der Waals surface area (Å²) < 4.78 is 10.8. The summed E-state index contributed by atoms with van der Waals surface area (Å²) in [7, 11) is 0. The average Bonchev–Trinajstić information content (AvgIpc) is 3.65. The Morgan fingerprint density at radius 3 is 0.691 bits per heavy atom. The van der Waals surface area contributed by atoms with Gasteiger partial charge in [-0.1, -0.05) is 419 Å². The molecular weight excluding hydrogens is 1150 g/mol. The Balaban J connectivity index is 3.40. The Morgan fingerprint density at radius 1 is 0.255 bits per heavy atom. The van der Waals surface area contributed by atoms with Gasteiger partial charge in [-0.25, -0.2) is 0 Å². The van der Waals surface area contributed by atoms with E-state index in [0.29, 0.717) is 12.8 Å². The van der Waals surface area contributed by atoms with Gasteiger partial charge >= 0.3 is 11.9 Å². The molecule has 1 atom stereocenters. The minimum Gasteiger partial charge on any atom is -0.462 e. The molecule has 544 valence electrons. The second-order valence-corrected chi connectivity index (χ2v) is 27.8. The van der Waals surface area contributed by atoms with Gasteiger partial charge < -0.3 is 14.6 Å². The van der Waals surface area contributed by atoms with Crippen molar-refractivity contribution in [3.8, 4) is 0 Å². The average molecular weight is 1310 g/mol. The highest BCUT2D eigenvalue weighted by molar-refractivity contribution is 5.70. The molecule has 94 heavy (non-hydrogen) atoms. The van der Waals surface area contributed by atoms with E-state index in [9.17, 15) is 14.7 Å². The molecule has 0 aliphatic heterocycles. The highest BCUT2D eigenvalue weighted by Gasteiger charge is 2.16. The first-order valence-electron chi connectivity index (χ1n) is 41.4. The van der Waals surface area contributed by atoms with E-state index in [-0.39, 0.29) is 25.2 Å². The van der Waals surface area contributed by atoms with E-state index in [2.05, 4.69) is 123 Å². The van der Waals surface area contributed by atoms with E-state index >= 15 is 0 Å². The molecule has 0 aliphatic rings. The second kappa shape index (κ2) is 83.8. The minimum absolute atomic E-state index is 0.0626. The van der Waals surface area contributed by atoms with Gasteiger partial charge in [-0.3, -0.25) is 9.59 Å². The number of esters is 2. The minimum atomic E-state index is -0.775. The van der Waals surface area contributed by atoms with Crippen LogP contribution >= 0.6 is 0 Å². The maximum atomic E-state index is 12.4. The van der Waals surface area contributed by atoms with E-state index < -0.39 is 6.10 Å². The summed E-state index contributed by atoms with van der Waals surface area (Å²) in [6.07, 6.45) is 122. The number of aliphatic hydroxyl groups is 1. The van der Waals surface area contributed by atoms with Crippen molar-refractivity contribution in [3.05, 3.63) is 109 Å². The fourth-order valence-corrected chi connectivity index (χ4v) is 12.4. The number of ether oxygens (including phenoxy) is 2. The number of carbonyl (C=O) groups is 2. The van der Waals surface area contributed by atoms with Crippen LogP contribution in [0.25, 0.3) is 0 Å². The molecule has 0 rings (SSSR count). The zero-order valence-electron chi connectivity index (χ0n) is 62.7. The van der Waals surface area contributed by atoms with Crippen molar-refractivity contribution in [2.45, 2.75) is 431 Å². The van der Waals surface area contributed by atoms with Gasteiger partial charge in [0, 0.05) is 12.8 Å². The highest BCUT2D eigenvalue weighted by atomic mass is 16.6. The van der Waals surface area contributed by atoms with Crippen molar-refractivity contribution in [2.75, 3.05) is 13.2 Å². The number of unbranched alkanes of at least 4 members (excludes halogenated alkanes) is 51. The maximum Gasteiger partial charge on any atom is 0.306 e. The van der Waals surface area contributed by atoms with Gasteiger partial charge in [0.1, 0.15) is 6.61 Å². The SMILES string of the molecule is CC/C=C\C/C=C\C/C=C\C/C=C\C/C=C\C/C=C\CCCCCCCCCCCCCCCCCCCCCCC(=O)OC(CO)COC(=O)CCCCCCCCCCCCCCCCCCCCCCCCCCCC/C=C\C/C=C\C/C=C\CCCCCCC. The van der Waals surface area contributed by atoms with Gasteiger partial charge in [0.15, 0.2) is 6.10 Å². The van der Waals surface area contributed by atoms with Crippen molar-refractivity contribution in [1.29, 1.82) is 0 Å². The molecular formula is C89H158O5. The summed E-state index contributed by atoms with van der Waals surface area (Å²) in [6.45, 7) is 4.06. The summed E-state index contributed by atoms with van der Waals surface area (Å²) in [6, 6.07) is 0. The van der Waals surface area contributed by atoms with Gasteiger partial charge in [0.05, 0.1) is 6.61 Å². The van der Waals surface area contributed by atoms with Crippen LogP contribution in [-0.4, -0.2) is 36.4 Å². The first-order valence-corrected chi connectivity index (χ1v) is 41.4. The fraction of sp³-hybridized carbons (Fsp3) is 0.775. The van der Waals surface area contributed by atoms with Crippen LogP contribution < -0.4 is 0 Å². The van der Waals surface area contributed by atoms with Crippen molar-refractivity contribution < 1.29 is 24.2 Å². The zero-order chi connectivity index (χ0) is 67.5. The molecule has 0 aliphatic carbocycles. The lowest BCUT2D eigenvalue weighted by Crippen LogP contribution is -2.28. The largest absolute Gasteiger partial charge is 0.462 e. The second-order valence-electron chi connectivity index (χ2n) is 27.8. The summed E-state index contributed by atoms with van der Waals surface area (Å²) >= 11 is 0. The third-order valence-electron chi connectivity index (χ3n) is 18.6. The van der Waals surface area contributed by atoms with Gasteiger partial charge in [-0.05, 0) is 103 Å². The molecule has 1 N–H and O–H groups in total. The molecule has 5 heteroatoms. The Bertz CT molecular complexity index is 1780. The molecule has 0 saturated carbocycles. The smallest absolute Gasteiger partial charge is 0.306 e. The first kappa shape index (κ1) is 90.6. The lowest BCUT2D eigenvalue weighted by molar-refractivity contribution is -0.161. The molecule has 0 aromatic rings. The van der Waals surface area contributed by atoms with Gasteiger partial charge in [0.2, 0.25) is 0 Å². The topological polar surface area (TPSA) is 72.8 Å². The molecule has 1 unspecified atom stereocenters. The lowest BCUT2D eigenvalue weighted by atomic mass is 10.0. The van der Waals surface area contributed by atoms with Crippen LogP contribution in [-0.2, 0) is 19.1 Å². The predicted molar refractivity (Wildman–Crippen MR) is 417 cm³/mol. The molecule has 5 nitrogen and oxygen atoms in total. The van der Waals surface area contributed by atoms with Crippen LogP contribution in [0.15, 0.2) is 109 Å². The van der Waals surface area contributed by atoms with E-state index in [4.69, 9.17) is 9.47 Å². The number of hydrogen-bond donors (Lipinski definition) is 1. The van der Waals surface area contributed by atoms with E-state index in [1.165, 1.54) is 308 Å². The first-order chi connectivity index (χ1) is 46.6.